The lowest BCUT2D eigenvalue weighted by Gasteiger charge is -2.32. The highest BCUT2D eigenvalue weighted by molar-refractivity contribution is 7.91. The lowest BCUT2D eigenvalue weighted by molar-refractivity contribution is -0.129. The Hall–Kier alpha value is -1.00. The highest BCUT2D eigenvalue weighted by Gasteiger charge is 2.31. The minimum absolute atomic E-state index is 0.150. The summed E-state index contributed by atoms with van der Waals surface area (Å²) in [6, 6.07) is 3.61. The number of nitrogens with one attached hydrogen (secondary N) is 2. The van der Waals surface area contributed by atoms with Crippen molar-refractivity contribution >= 4 is 27.3 Å². The van der Waals surface area contributed by atoms with Crippen molar-refractivity contribution < 1.29 is 13.2 Å². The van der Waals surface area contributed by atoms with Crippen LogP contribution < -0.4 is 10.0 Å². The average Bonchev–Trinajstić information content (AvgIpc) is 3.25. The first-order valence-corrected chi connectivity index (χ1v) is 10.2. The summed E-state index contributed by atoms with van der Waals surface area (Å²) in [5.74, 6) is -0.150. The summed E-state index contributed by atoms with van der Waals surface area (Å²) in [6.07, 6.45) is 0.962. The number of sulfonamides is 1. The second kappa shape index (κ2) is 7.27. The number of likely N-dealkylation sites (tertiary alicyclic amines) is 1. The Bertz CT molecular complexity index is 626. The first-order valence-electron chi connectivity index (χ1n) is 7.82. The molecule has 0 aromatic carbocycles. The van der Waals surface area contributed by atoms with Gasteiger partial charge in [-0.15, -0.1) is 11.3 Å². The predicted octanol–water partition coefficient (Wildman–Crippen LogP) is -0.467. The molecule has 3 heterocycles. The molecule has 1 amide bonds. The van der Waals surface area contributed by atoms with Crippen LogP contribution in [0.4, 0.5) is 0 Å². The molecule has 7 nitrogen and oxygen atoms in total. The van der Waals surface area contributed by atoms with Gasteiger partial charge in [0, 0.05) is 45.3 Å². The van der Waals surface area contributed by atoms with Gasteiger partial charge in [-0.25, -0.2) is 13.1 Å². The van der Waals surface area contributed by atoms with Crippen molar-refractivity contribution in [1.82, 2.24) is 19.8 Å². The number of carbonyl (C=O) groups excluding carboxylic acids is 1. The molecule has 1 aromatic heterocycles. The molecule has 3 rings (SSSR count). The zero-order valence-electron chi connectivity index (χ0n) is 12.9. The third-order valence-electron chi connectivity index (χ3n) is 4.36. The maximum atomic E-state index is 12.3. The molecule has 9 heteroatoms. The van der Waals surface area contributed by atoms with Crippen molar-refractivity contribution in [2.45, 2.75) is 16.7 Å². The largest absolute Gasteiger partial charge is 0.340 e. The number of hydrogen-bond acceptors (Lipinski definition) is 6. The molecule has 2 aliphatic rings. The first-order chi connectivity index (χ1) is 11.1. The van der Waals surface area contributed by atoms with E-state index in [4.69, 9.17) is 0 Å². The normalized spacial score (nSPS) is 23.3. The lowest BCUT2D eigenvalue weighted by atomic mass is 10.2. The number of nitrogens with zero attached hydrogens (tertiary/aromatic N) is 2. The van der Waals surface area contributed by atoms with Crippen LogP contribution in [-0.4, -0.2) is 76.0 Å². The molecular formula is C14H22N4O3S2. The molecule has 0 aliphatic carbocycles. The van der Waals surface area contributed by atoms with Crippen molar-refractivity contribution in [1.29, 1.82) is 0 Å². The van der Waals surface area contributed by atoms with Crippen LogP contribution in [-0.2, 0) is 14.8 Å². The highest BCUT2D eigenvalue weighted by atomic mass is 32.2. The zero-order valence-corrected chi connectivity index (χ0v) is 14.5. The van der Waals surface area contributed by atoms with Crippen molar-refractivity contribution in [3.63, 3.8) is 0 Å². The third kappa shape index (κ3) is 4.10. The maximum absolute atomic E-state index is 12.3. The highest BCUT2D eigenvalue weighted by Crippen LogP contribution is 2.17. The Balaban J connectivity index is 1.49. The van der Waals surface area contributed by atoms with E-state index in [1.165, 1.54) is 6.07 Å². The number of amides is 1. The van der Waals surface area contributed by atoms with E-state index in [1.54, 1.807) is 16.3 Å². The molecule has 2 saturated heterocycles. The van der Waals surface area contributed by atoms with Gasteiger partial charge in [-0.05, 0) is 17.9 Å². The Labute approximate surface area is 140 Å². The van der Waals surface area contributed by atoms with E-state index in [0.29, 0.717) is 19.1 Å². The molecule has 1 unspecified atom stereocenters. The van der Waals surface area contributed by atoms with E-state index in [2.05, 4.69) is 14.9 Å². The summed E-state index contributed by atoms with van der Waals surface area (Å²) in [5.41, 5.74) is 0. The van der Waals surface area contributed by atoms with Crippen LogP contribution in [0.25, 0.3) is 0 Å². The van der Waals surface area contributed by atoms with Crippen LogP contribution >= 0.6 is 11.3 Å². The van der Waals surface area contributed by atoms with E-state index < -0.39 is 10.0 Å². The van der Waals surface area contributed by atoms with Crippen molar-refractivity contribution in [2.75, 3.05) is 45.8 Å². The van der Waals surface area contributed by atoms with Gasteiger partial charge in [0.2, 0.25) is 5.91 Å². The second-order valence-electron chi connectivity index (χ2n) is 5.82. The third-order valence-corrected chi connectivity index (χ3v) is 7.16. The molecule has 1 atom stereocenters. The fraction of sp³-hybridized carbons (Fsp3) is 0.643. The van der Waals surface area contributed by atoms with Crippen LogP contribution in [0.3, 0.4) is 0 Å². The fourth-order valence-corrected chi connectivity index (χ4v) is 5.08. The zero-order chi connectivity index (χ0) is 16.3. The quantitative estimate of drug-likeness (QED) is 0.744. The van der Waals surface area contributed by atoms with Gasteiger partial charge in [0.15, 0.2) is 0 Å². The topological polar surface area (TPSA) is 81.8 Å². The minimum atomic E-state index is -3.57. The number of hydrogen-bond donors (Lipinski definition) is 2. The summed E-state index contributed by atoms with van der Waals surface area (Å²) in [5, 5.41) is 5.03. The molecule has 0 saturated carbocycles. The van der Waals surface area contributed by atoms with Crippen molar-refractivity contribution in [2.24, 2.45) is 0 Å². The van der Waals surface area contributed by atoms with Crippen molar-refractivity contribution in [3.05, 3.63) is 17.5 Å². The molecule has 2 fully saturated rings. The van der Waals surface area contributed by atoms with Crippen LogP contribution in [0.1, 0.15) is 6.42 Å². The summed E-state index contributed by atoms with van der Waals surface area (Å²) >= 11 is 1.15. The van der Waals surface area contributed by atoms with Gasteiger partial charge in [-0.3, -0.25) is 9.69 Å². The van der Waals surface area contributed by atoms with E-state index in [9.17, 15) is 13.2 Å². The summed E-state index contributed by atoms with van der Waals surface area (Å²) < 4.78 is 26.7. The number of carbonyl (C=O) groups is 1. The number of piperazine rings is 1. The molecule has 23 heavy (non-hydrogen) atoms. The van der Waals surface area contributed by atoms with E-state index in [1.807, 2.05) is 0 Å². The average molecular weight is 358 g/mol. The summed E-state index contributed by atoms with van der Waals surface area (Å²) in [4.78, 5) is 16.4. The van der Waals surface area contributed by atoms with Gasteiger partial charge < -0.3 is 10.2 Å². The van der Waals surface area contributed by atoms with Crippen LogP contribution in [0, 0.1) is 0 Å². The van der Waals surface area contributed by atoms with Gasteiger partial charge >= 0.3 is 0 Å². The Morgan fingerprint density at radius 1 is 1.35 bits per heavy atom. The van der Waals surface area contributed by atoms with Crippen LogP contribution in [0.2, 0.25) is 0 Å². The summed E-state index contributed by atoms with van der Waals surface area (Å²) in [6.45, 7) is 5.23. The second-order valence-corrected chi connectivity index (χ2v) is 8.77. The lowest BCUT2D eigenvalue weighted by Crippen LogP contribution is -2.49. The minimum Gasteiger partial charge on any atom is -0.340 e. The molecular weight excluding hydrogens is 336 g/mol. The van der Waals surface area contributed by atoms with Crippen molar-refractivity contribution in [3.8, 4) is 0 Å². The first kappa shape index (κ1) is 16.8. The summed E-state index contributed by atoms with van der Waals surface area (Å²) in [7, 11) is -3.57. The van der Waals surface area contributed by atoms with Gasteiger partial charge in [0.1, 0.15) is 4.21 Å². The standard InChI is InChI=1S/C14H22N4O3S2/c19-13(10-16-23(20,21)14-2-1-9-22-14)18-6-3-12(11-18)17-7-4-15-5-8-17/h1-2,9,12,15-16H,3-8,10-11H2. The molecule has 2 aliphatic heterocycles. The van der Waals surface area contributed by atoms with E-state index >= 15 is 0 Å². The Kier molecular flexibility index (Phi) is 5.32. The fourth-order valence-electron chi connectivity index (χ4n) is 3.07. The van der Waals surface area contributed by atoms with Gasteiger partial charge in [0.05, 0.1) is 6.54 Å². The SMILES string of the molecule is O=C(CNS(=O)(=O)c1cccs1)N1CCC(N2CCNCC2)C1. The Morgan fingerprint density at radius 3 is 2.83 bits per heavy atom. The van der Waals surface area contributed by atoms with Gasteiger partial charge in [0.25, 0.3) is 10.0 Å². The molecule has 1 aromatic rings. The smallest absolute Gasteiger partial charge is 0.250 e. The molecule has 0 spiro atoms. The van der Waals surface area contributed by atoms with Gasteiger partial charge in [-0.1, -0.05) is 6.07 Å². The predicted molar refractivity (Wildman–Crippen MR) is 88.9 cm³/mol. The molecule has 0 radical (unpaired) electrons. The van der Waals surface area contributed by atoms with Gasteiger partial charge in [-0.2, -0.15) is 0 Å². The van der Waals surface area contributed by atoms with E-state index in [-0.39, 0.29) is 16.7 Å². The molecule has 0 bridgehead atoms. The van der Waals surface area contributed by atoms with E-state index in [0.717, 1.165) is 43.9 Å². The Morgan fingerprint density at radius 2 is 2.13 bits per heavy atom. The molecule has 2 N–H and O–H groups in total. The number of thiophene rings is 1. The van der Waals surface area contributed by atoms with Crippen LogP contribution in [0.5, 0.6) is 0 Å². The monoisotopic (exact) mass is 358 g/mol. The maximum Gasteiger partial charge on any atom is 0.250 e. The number of rotatable bonds is 5. The molecule has 128 valence electrons. The van der Waals surface area contributed by atoms with Crippen LogP contribution in [0.15, 0.2) is 21.7 Å².